The van der Waals surface area contributed by atoms with Crippen molar-refractivity contribution >= 4 is 44.2 Å². The summed E-state index contributed by atoms with van der Waals surface area (Å²) in [6.07, 6.45) is 0. The Balaban J connectivity index is 1.54. The number of nitrogens with zero attached hydrogens (tertiary/aromatic N) is 4. The molecule has 8 heteroatoms. The average Bonchev–Trinajstić information content (AvgIpc) is 3.30. The number of aryl methyl sites for hydroxylation is 2. The number of anilines is 1. The van der Waals surface area contributed by atoms with Crippen molar-refractivity contribution in [2.45, 2.75) is 20.4 Å². The molecule has 2 aromatic carbocycles. The highest BCUT2D eigenvalue weighted by Gasteiger charge is 2.21. The van der Waals surface area contributed by atoms with Crippen molar-refractivity contribution in [1.82, 2.24) is 14.8 Å². The zero-order valence-corrected chi connectivity index (χ0v) is 18.3. The number of carbonyl (C=O) groups excluding carboxylic acids is 1. The fourth-order valence-corrected chi connectivity index (χ4v) is 4.29. The van der Waals surface area contributed by atoms with Crippen LogP contribution in [0, 0.1) is 13.8 Å². The average molecular weight is 441 g/mol. The molecule has 0 unspecified atom stereocenters. The molecule has 30 heavy (non-hydrogen) atoms. The molecular weight excluding hydrogens is 420 g/mol. The Morgan fingerprint density at radius 2 is 1.93 bits per heavy atom. The molecule has 0 aliphatic rings. The number of benzene rings is 2. The van der Waals surface area contributed by atoms with Crippen LogP contribution in [0.4, 0.5) is 5.13 Å². The zero-order chi connectivity index (χ0) is 21.1. The molecule has 0 saturated carbocycles. The van der Waals surface area contributed by atoms with Crippen molar-refractivity contribution in [3.8, 4) is 5.75 Å². The lowest BCUT2D eigenvalue weighted by atomic mass is 10.3. The Morgan fingerprint density at radius 1 is 1.17 bits per heavy atom. The summed E-state index contributed by atoms with van der Waals surface area (Å²) in [6, 6.07) is 16.8. The van der Waals surface area contributed by atoms with Crippen LogP contribution in [-0.2, 0) is 11.3 Å². The highest BCUT2D eigenvalue weighted by atomic mass is 35.5. The van der Waals surface area contributed by atoms with Crippen LogP contribution in [0.25, 0.3) is 10.2 Å². The molecule has 0 spiro atoms. The maximum atomic E-state index is 13.1. The Hall–Kier alpha value is -2.90. The molecule has 0 aliphatic carbocycles. The van der Waals surface area contributed by atoms with E-state index >= 15 is 0 Å². The van der Waals surface area contributed by atoms with E-state index in [2.05, 4.69) is 10.1 Å². The molecule has 154 valence electrons. The molecule has 0 aliphatic heterocycles. The molecule has 0 saturated heterocycles. The van der Waals surface area contributed by atoms with Crippen molar-refractivity contribution in [2.75, 3.05) is 18.1 Å². The number of hydrogen-bond acceptors (Lipinski definition) is 5. The normalized spacial score (nSPS) is 11.0. The summed E-state index contributed by atoms with van der Waals surface area (Å²) >= 11 is 7.40. The second-order valence-corrected chi connectivity index (χ2v) is 8.35. The van der Waals surface area contributed by atoms with Crippen LogP contribution in [0.2, 0.25) is 5.02 Å². The van der Waals surface area contributed by atoms with Crippen molar-refractivity contribution < 1.29 is 9.53 Å². The predicted molar refractivity (Wildman–Crippen MR) is 121 cm³/mol. The fourth-order valence-electron chi connectivity index (χ4n) is 3.15. The van der Waals surface area contributed by atoms with Gasteiger partial charge in [-0.05, 0) is 56.3 Å². The zero-order valence-electron chi connectivity index (χ0n) is 16.7. The topological polar surface area (TPSA) is 60.2 Å². The second-order valence-electron chi connectivity index (χ2n) is 6.90. The molecule has 0 N–H and O–H groups in total. The van der Waals surface area contributed by atoms with Gasteiger partial charge in [0, 0.05) is 17.3 Å². The number of aromatic nitrogens is 3. The molecule has 2 heterocycles. The van der Waals surface area contributed by atoms with E-state index in [1.54, 1.807) is 29.2 Å². The van der Waals surface area contributed by atoms with Gasteiger partial charge in [0.2, 0.25) is 0 Å². The number of fused-ring (bicyclic) bond motifs is 1. The molecule has 4 aromatic rings. The van der Waals surface area contributed by atoms with Crippen LogP contribution in [0.15, 0.2) is 54.6 Å². The molecule has 0 radical (unpaired) electrons. The number of hydrogen-bond donors (Lipinski definition) is 0. The van der Waals surface area contributed by atoms with Crippen molar-refractivity contribution in [2.24, 2.45) is 0 Å². The van der Waals surface area contributed by atoms with Gasteiger partial charge in [0.1, 0.15) is 5.75 Å². The van der Waals surface area contributed by atoms with Gasteiger partial charge in [-0.15, -0.1) is 0 Å². The maximum Gasteiger partial charge on any atom is 0.266 e. The van der Waals surface area contributed by atoms with Crippen LogP contribution in [0.5, 0.6) is 5.75 Å². The first-order valence-electron chi connectivity index (χ1n) is 9.55. The molecule has 6 nitrogen and oxygen atoms in total. The summed E-state index contributed by atoms with van der Waals surface area (Å²) in [7, 11) is 0. The lowest BCUT2D eigenvalue weighted by Gasteiger charge is -2.20. The van der Waals surface area contributed by atoms with E-state index < -0.39 is 0 Å². The van der Waals surface area contributed by atoms with E-state index in [4.69, 9.17) is 16.3 Å². The summed E-state index contributed by atoms with van der Waals surface area (Å²) in [5.74, 6) is 0.432. The first-order chi connectivity index (χ1) is 14.5. The minimum absolute atomic E-state index is 0.0886. The third-order valence-electron chi connectivity index (χ3n) is 4.63. The third kappa shape index (κ3) is 4.63. The monoisotopic (exact) mass is 440 g/mol. The Labute approximate surface area is 183 Å². The Kier molecular flexibility index (Phi) is 6.01. The number of amides is 1. The van der Waals surface area contributed by atoms with Crippen LogP contribution >= 0.6 is 22.9 Å². The summed E-state index contributed by atoms with van der Waals surface area (Å²) in [5.41, 5.74) is 2.89. The predicted octanol–water partition coefficient (Wildman–Crippen LogP) is 4.88. The first-order valence-corrected chi connectivity index (χ1v) is 10.7. The van der Waals surface area contributed by atoms with Gasteiger partial charge in [0.15, 0.2) is 11.7 Å². The maximum absolute atomic E-state index is 13.1. The van der Waals surface area contributed by atoms with Gasteiger partial charge in [-0.1, -0.05) is 35.1 Å². The van der Waals surface area contributed by atoms with Gasteiger partial charge in [-0.2, -0.15) is 5.10 Å². The molecule has 4 rings (SSSR count). The van der Waals surface area contributed by atoms with Crippen molar-refractivity contribution in [3.63, 3.8) is 0 Å². The first kappa shape index (κ1) is 20.4. The van der Waals surface area contributed by atoms with Crippen molar-refractivity contribution in [3.05, 3.63) is 71.0 Å². The Bertz CT molecular complexity index is 1140. The van der Waals surface area contributed by atoms with Crippen LogP contribution in [0.3, 0.4) is 0 Å². The lowest BCUT2D eigenvalue weighted by Crippen LogP contribution is -2.37. The number of rotatable bonds is 7. The molecule has 2 aromatic heterocycles. The standard InChI is InChI=1S/C22H21ClN4O2S/c1-15-13-16(2)27(25-15)12-11-26(22-24-19-5-3-4-6-20(19)30-22)21(28)14-29-18-9-7-17(23)8-10-18/h3-10,13H,11-12,14H2,1-2H3. The van der Waals surface area contributed by atoms with Crippen molar-refractivity contribution in [1.29, 1.82) is 0 Å². The van der Waals surface area contributed by atoms with E-state index in [1.807, 2.05) is 48.9 Å². The summed E-state index contributed by atoms with van der Waals surface area (Å²) in [6.45, 7) is 4.90. The largest absolute Gasteiger partial charge is 0.484 e. The van der Waals surface area contributed by atoms with E-state index in [-0.39, 0.29) is 12.5 Å². The van der Waals surface area contributed by atoms with Crippen LogP contribution in [0.1, 0.15) is 11.4 Å². The summed E-state index contributed by atoms with van der Waals surface area (Å²) in [4.78, 5) is 19.4. The van der Waals surface area contributed by atoms with Gasteiger partial charge >= 0.3 is 0 Å². The Morgan fingerprint density at radius 3 is 2.63 bits per heavy atom. The third-order valence-corrected chi connectivity index (χ3v) is 5.94. The molecule has 1 amide bonds. The fraction of sp³-hybridized carbons (Fsp3) is 0.227. The molecule has 0 fully saturated rings. The minimum atomic E-state index is -0.162. The SMILES string of the molecule is Cc1cc(C)n(CCN(C(=O)COc2ccc(Cl)cc2)c2nc3ccccc3s2)n1. The smallest absolute Gasteiger partial charge is 0.266 e. The van der Waals surface area contributed by atoms with E-state index in [0.717, 1.165) is 21.6 Å². The highest BCUT2D eigenvalue weighted by molar-refractivity contribution is 7.22. The van der Waals surface area contributed by atoms with E-state index in [9.17, 15) is 4.79 Å². The lowest BCUT2D eigenvalue weighted by molar-refractivity contribution is -0.120. The molecule has 0 bridgehead atoms. The van der Waals surface area contributed by atoms with Gasteiger partial charge in [0.25, 0.3) is 5.91 Å². The summed E-state index contributed by atoms with van der Waals surface area (Å²) in [5, 5.41) is 5.77. The second kappa shape index (κ2) is 8.85. The van der Waals surface area contributed by atoms with E-state index in [1.165, 1.54) is 11.3 Å². The van der Waals surface area contributed by atoms with Gasteiger partial charge in [-0.25, -0.2) is 4.98 Å². The number of para-hydroxylation sites is 1. The van der Waals surface area contributed by atoms with E-state index in [0.29, 0.717) is 29.0 Å². The number of halogens is 1. The van der Waals surface area contributed by atoms with Crippen LogP contribution in [-0.4, -0.2) is 33.8 Å². The number of carbonyl (C=O) groups is 1. The van der Waals surface area contributed by atoms with Crippen LogP contribution < -0.4 is 9.64 Å². The quantitative estimate of drug-likeness (QED) is 0.411. The van der Waals surface area contributed by atoms with Gasteiger partial charge in [0.05, 0.1) is 22.5 Å². The number of thiazole rings is 1. The van der Waals surface area contributed by atoms with Gasteiger partial charge in [-0.3, -0.25) is 14.4 Å². The number of ether oxygens (including phenoxy) is 1. The molecule has 0 atom stereocenters. The van der Waals surface area contributed by atoms with Gasteiger partial charge < -0.3 is 4.74 Å². The minimum Gasteiger partial charge on any atom is -0.484 e. The summed E-state index contributed by atoms with van der Waals surface area (Å²) < 4.78 is 8.63. The highest BCUT2D eigenvalue weighted by Crippen LogP contribution is 2.29. The molecular formula is C22H21ClN4O2S.